The fraction of sp³-hybridized carbons (Fsp3) is 0.471. The molecule has 1 aromatic heterocycles. The Hall–Kier alpha value is -2.37. The summed E-state index contributed by atoms with van der Waals surface area (Å²) in [4.78, 5) is 27.5. The van der Waals surface area contributed by atoms with Crippen LogP contribution in [0.2, 0.25) is 0 Å². The first kappa shape index (κ1) is 18.7. The number of hydrogen-bond acceptors (Lipinski definition) is 5. The number of carbonyl (C=O) groups is 2. The van der Waals surface area contributed by atoms with E-state index in [4.69, 9.17) is 9.47 Å². The highest BCUT2D eigenvalue weighted by atomic mass is 16.6. The third-order valence-electron chi connectivity index (χ3n) is 2.73. The Morgan fingerprint density at radius 1 is 1.30 bits per heavy atom. The molecule has 0 aliphatic carbocycles. The minimum absolute atomic E-state index is 0.328. The normalized spacial score (nSPS) is 11.8. The summed E-state index contributed by atoms with van der Waals surface area (Å²) in [5.41, 5.74) is 0.854. The van der Waals surface area contributed by atoms with E-state index < -0.39 is 11.7 Å². The van der Waals surface area contributed by atoms with Crippen LogP contribution in [0.4, 0.5) is 10.6 Å². The summed E-state index contributed by atoms with van der Waals surface area (Å²) in [6, 6.07) is 3.46. The summed E-state index contributed by atoms with van der Waals surface area (Å²) >= 11 is 0. The lowest BCUT2D eigenvalue weighted by molar-refractivity contribution is -0.138. The molecular formula is C17H24N2O4. The number of pyridine rings is 1. The quantitative estimate of drug-likeness (QED) is 0.664. The van der Waals surface area contributed by atoms with Gasteiger partial charge < -0.3 is 9.47 Å². The summed E-state index contributed by atoms with van der Waals surface area (Å²) in [7, 11) is 0. The molecule has 0 bridgehead atoms. The van der Waals surface area contributed by atoms with Crippen molar-refractivity contribution in [1.82, 2.24) is 4.98 Å². The lowest BCUT2D eigenvalue weighted by Crippen LogP contribution is -2.27. The molecule has 1 aromatic rings. The molecule has 0 aromatic carbocycles. The number of allylic oxidation sites excluding steroid dienone is 1. The highest BCUT2D eigenvalue weighted by molar-refractivity contribution is 5.89. The van der Waals surface area contributed by atoms with Gasteiger partial charge in [-0.3, -0.25) is 5.32 Å². The predicted octanol–water partition coefficient (Wildman–Crippen LogP) is 3.48. The first-order valence-corrected chi connectivity index (χ1v) is 7.52. The topological polar surface area (TPSA) is 77.5 Å². The molecule has 6 heteroatoms. The Bertz CT molecular complexity index is 571. The fourth-order valence-corrected chi connectivity index (χ4v) is 1.75. The predicted molar refractivity (Wildman–Crippen MR) is 88.2 cm³/mol. The summed E-state index contributed by atoms with van der Waals surface area (Å²) < 4.78 is 10.1. The zero-order valence-corrected chi connectivity index (χ0v) is 14.3. The van der Waals surface area contributed by atoms with Crippen molar-refractivity contribution in [2.45, 2.75) is 46.6 Å². The number of rotatable bonds is 5. The largest absolute Gasteiger partial charge is 0.463 e. The van der Waals surface area contributed by atoms with E-state index in [1.165, 1.54) is 0 Å². The minimum Gasteiger partial charge on any atom is -0.463 e. The smallest absolute Gasteiger partial charge is 0.413 e. The molecule has 126 valence electrons. The molecule has 1 N–H and O–H groups in total. The average molecular weight is 320 g/mol. The van der Waals surface area contributed by atoms with E-state index in [2.05, 4.69) is 10.3 Å². The van der Waals surface area contributed by atoms with E-state index in [-0.39, 0.29) is 5.97 Å². The molecule has 0 saturated heterocycles. The van der Waals surface area contributed by atoms with E-state index in [0.717, 1.165) is 5.56 Å². The number of amides is 1. The van der Waals surface area contributed by atoms with Gasteiger partial charge in [0.25, 0.3) is 0 Å². The molecule has 0 saturated carbocycles. The zero-order chi connectivity index (χ0) is 17.5. The van der Waals surface area contributed by atoms with Gasteiger partial charge in [-0.05, 0) is 46.2 Å². The molecule has 0 fully saturated rings. The van der Waals surface area contributed by atoms with Crippen LogP contribution in [0.5, 0.6) is 0 Å². The Labute approximate surface area is 136 Å². The lowest BCUT2D eigenvalue weighted by Gasteiger charge is -2.19. The van der Waals surface area contributed by atoms with Gasteiger partial charge in [-0.25, -0.2) is 14.6 Å². The molecule has 0 aliphatic rings. The van der Waals surface area contributed by atoms with E-state index >= 15 is 0 Å². The number of aromatic nitrogens is 1. The van der Waals surface area contributed by atoms with Crippen LogP contribution in [0.25, 0.3) is 0 Å². The van der Waals surface area contributed by atoms with Crippen LogP contribution in [0.15, 0.2) is 30.0 Å². The van der Waals surface area contributed by atoms with Crippen molar-refractivity contribution < 1.29 is 19.1 Å². The second-order valence-corrected chi connectivity index (χ2v) is 5.89. The monoisotopic (exact) mass is 320 g/mol. The molecule has 6 nitrogen and oxygen atoms in total. The van der Waals surface area contributed by atoms with Crippen molar-refractivity contribution in [1.29, 1.82) is 0 Å². The van der Waals surface area contributed by atoms with E-state index in [0.29, 0.717) is 24.4 Å². The number of anilines is 1. The number of nitrogens with one attached hydrogen (secondary N) is 1. The second kappa shape index (κ2) is 8.31. The van der Waals surface area contributed by atoms with Crippen LogP contribution >= 0.6 is 0 Å². The molecule has 0 radical (unpaired) electrons. The maximum Gasteiger partial charge on any atom is 0.413 e. The molecule has 1 rings (SSSR count). The van der Waals surface area contributed by atoms with E-state index in [1.54, 1.807) is 59.0 Å². The first-order valence-electron chi connectivity index (χ1n) is 7.52. The van der Waals surface area contributed by atoms with Gasteiger partial charge in [0.15, 0.2) is 0 Å². The van der Waals surface area contributed by atoms with Gasteiger partial charge in [0.1, 0.15) is 11.4 Å². The van der Waals surface area contributed by atoms with Crippen molar-refractivity contribution in [2.75, 3.05) is 11.9 Å². The maximum absolute atomic E-state index is 11.7. The van der Waals surface area contributed by atoms with Crippen LogP contribution in [0.3, 0.4) is 0 Å². The van der Waals surface area contributed by atoms with Gasteiger partial charge in [0.05, 0.1) is 6.61 Å². The van der Waals surface area contributed by atoms with Crippen molar-refractivity contribution >= 4 is 17.9 Å². The van der Waals surface area contributed by atoms with Gasteiger partial charge in [0, 0.05) is 18.2 Å². The van der Waals surface area contributed by atoms with Crippen molar-refractivity contribution in [3.63, 3.8) is 0 Å². The second-order valence-electron chi connectivity index (χ2n) is 5.89. The SMILES string of the molecule is CC=C(Cc1ccc(NC(=O)OC(C)(C)C)nc1)C(=O)OCC. The molecule has 0 aliphatic heterocycles. The van der Waals surface area contributed by atoms with Crippen LogP contribution in [0.1, 0.15) is 40.2 Å². The Balaban J connectivity index is 2.66. The maximum atomic E-state index is 11.7. The molecule has 0 spiro atoms. The summed E-state index contributed by atoms with van der Waals surface area (Å²) in [6.07, 6.45) is 3.20. The van der Waals surface area contributed by atoms with E-state index in [1.807, 2.05) is 0 Å². The van der Waals surface area contributed by atoms with E-state index in [9.17, 15) is 9.59 Å². The number of hydrogen-bond donors (Lipinski definition) is 1. The summed E-state index contributed by atoms with van der Waals surface area (Å²) in [6.45, 7) is 9.26. The molecule has 0 unspecified atom stereocenters. The number of nitrogens with zero attached hydrogens (tertiary/aromatic N) is 1. The number of ether oxygens (including phenoxy) is 2. The molecule has 0 atom stereocenters. The lowest BCUT2D eigenvalue weighted by atomic mass is 10.1. The van der Waals surface area contributed by atoms with Crippen molar-refractivity contribution in [3.05, 3.63) is 35.5 Å². The van der Waals surface area contributed by atoms with Crippen molar-refractivity contribution in [2.24, 2.45) is 0 Å². The fourth-order valence-electron chi connectivity index (χ4n) is 1.75. The van der Waals surface area contributed by atoms with Crippen molar-refractivity contribution in [3.8, 4) is 0 Å². The van der Waals surface area contributed by atoms with Crippen LogP contribution in [0, 0.1) is 0 Å². The van der Waals surface area contributed by atoms with Crippen LogP contribution < -0.4 is 5.32 Å². The van der Waals surface area contributed by atoms with Gasteiger partial charge >= 0.3 is 12.1 Å². The average Bonchev–Trinajstić information content (AvgIpc) is 2.44. The number of carbonyl (C=O) groups excluding carboxylic acids is 2. The zero-order valence-electron chi connectivity index (χ0n) is 14.3. The van der Waals surface area contributed by atoms with Gasteiger partial charge in [-0.1, -0.05) is 12.1 Å². The number of esters is 1. The van der Waals surface area contributed by atoms with Gasteiger partial charge in [0.2, 0.25) is 0 Å². The van der Waals surface area contributed by atoms with Gasteiger partial charge in [-0.2, -0.15) is 0 Å². The van der Waals surface area contributed by atoms with Gasteiger partial charge in [-0.15, -0.1) is 0 Å². The highest BCUT2D eigenvalue weighted by Gasteiger charge is 2.16. The Kier molecular flexibility index (Phi) is 6.75. The molecule has 1 amide bonds. The standard InChI is InChI=1S/C17H24N2O4/c1-6-13(15(20)22-7-2)10-12-8-9-14(18-11-12)19-16(21)23-17(3,4)5/h6,8-9,11H,7,10H2,1-5H3,(H,18,19,21). The molecule has 23 heavy (non-hydrogen) atoms. The summed E-state index contributed by atoms with van der Waals surface area (Å²) in [5, 5.41) is 2.56. The first-order chi connectivity index (χ1) is 10.7. The molecule has 1 heterocycles. The molecular weight excluding hydrogens is 296 g/mol. The Morgan fingerprint density at radius 3 is 2.48 bits per heavy atom. The van der Waals surface area contributed by atoms with Crippen LogP contribution in [-0.4, -0.2) is 29.3 Å². The Morgan fingerprint density at radius 2 is 2.00 bits per heavy atom. The third-order valence-corrected chi connectivity index (χ3v) is 2.73. The third kappa shape index (κ3) is 6.95. The highest BCUT2D eigenvalue weighted by Crippen LogP contribution is 2.13. The van der Waals surface area contributed by atoms with Crippen LogP contribution in [-0.2, 0) is 20.7 Å². The minimum atomic E-state index is -0.565. The summed E-state index contributed by atoms with van der Waals surface area (Å²) in [5.74, 6) is 0.0621.